The van der Waals surface area contributed by atoms with E-state index >= 15 is 0 Å². The monoisotopic (exact) mass is 265 g/mol. The van der Waals surface area contributed by atoms with Crippen LogP contribution in [0.1, 0.15) is 5.56 Å². The SMILES string of the molecule is CS(=O)(=O)OCc1ccc(S(N)(=O)=O)cc1. The third-order valence-corrected chi connectivity index (χ3v) is 3.17. The smallest absolute Gasteiger partial charge is 0.264 e. The van der Waals surface area contributed by atoms with Gasteiger partial charge in [0.1, 0.15) is 0 Å². The van der Waals surface area contributed by atoms with Crippen LogP contribution in [0.25, 0.3) is 0 Å². The number of nitrogens with two attached hydrogens (primary N) is 1. The molecule has 6 nitrogen and oxygen atoms in total. The molecule has 0 radical (unpaired) electrons. The largest absolute Gasteiger partial charge is 0.265 e. The molecular formula is C8H11NO5S2. The lowest BCUT2D eigenvalue weighted by molar-refractivity contribution is 0.311. The highest BCUT2D eigenvalue weighted by Gasteiger charge is 2.07. The van der Waals surface area contributed by atoms with Crippen molar-refractivity contribution in [2.24, 2.45) is 5.14 Å². The van der Waals surface area contributed by atoms with E-state index in [4.69, 9.17) is 5.14 Å². The maximum absolute atomic E-state index is 10.9. The molecule has 8 heteroatoms. The van der Waals surface area contributed by atoms with Crippen molar-refractivity contribution in [3.63, 3.8) is 0 Å². The van der Waals surface area contributed by atoms with Crippen molar-refractivity contribution in [3.05, 3.63) is 29.8 Å². The van der Waals surface area contributed by atoms with Gasteiger partial charge in [-0.2, -0.15) is 8.42 Å². The first kappa shape index (κ1) is 13.1. The van der Waals surface area contributed by atoms with Crippen LogP contribution in [0.15, 0.2) is 29.2 Å². The lowest BCUT2D eigenvalue weighted by Crippen LogP contribution is -2.12. The Morgan fingerprint density at radius 1 is 1.12 bits per heavy atom. The molecular weight excluding hydrogens is 254 g/mol. The molecule has 0 fully saturated rings. The van der Waals surface area contributed by atoms with Crippen molar-refractivity contribution in [2.75, 3.05) is 6.26 Å². The Morgan fingerprint density at radius 2 is 1.62 bits per heavy atom. The maximum Gasteiger partial charge on any atom is 0.264 e. The zero-order valence-corrected chi connectivity index (χ0v) is 10.1. The van der Waals surface area contributed by atoms with E-state index in [0.29, 0.717) is 5.56 Å². The predicted octanol–water partition coefficient (Wildman–Crippen LogP) is -0.190. The maximum atomic E-state index is 10.9. The Bertz CT molecular complexity index is 559. The molecule has 16 heavy (non-hydrogen) atoms. The van der Waals surface area contributed by atoms with Gasteiger partial charge in [-0.15, -0.1) is 0 Å². The summed E-state index contributed by atoms with van der Waals surface area (Å²) in [4.78, 5) is -0.0318. The topological polar surface area (TPSA) is 104 Å². The van der Waals surface area contributed by atoms with Gasteiger partial charge in [-0.05, 0) is 17.7 Å². The summed E-state index contributed by atoms with van der Waals surface area (Å²) >= 11 is 0. The molecule has 0 atom stereocenters. The summed E-state index contributed by atoms with van der Waals surface area (Å²) in [7, 11) is -7.23. The van der Waals surface area contributed by atoms with E-state index in [1.807, 2.05) is 0 Å². The van der Waals surface area contributed by atoms with Gasteiger partial charge in [-0.1, -0.05) is 12.1 Å². The molecule has 0 aromatic heterocycles. The van der Waals surface area contributed by atoms with Gasteiger partial charge in [0.05, 0.1) is 17.8 Å². The van der Waals surface area contributed by atoms with Crippen LogP contribution >= 0.6 is 0 Å². The molecule has 0 unspecified atom stereocenters. The van der Waals surface area contributed by atoms with E-state index in [2.05, 4.69) is 4.18 Å². The number of sulfonamides is 1. The Balaban J connectivity index is 2.81. The van der Waals surface area contributed by atoms with E-state index < -0.39 is 20.1 Å². The summed E-state index contributed by atoms with van der Waals surface area (Å²) in [6.07, 6.45) is 0.936. The number of benzene rings is 1. The van der Waals surface area contributed by atoms with Crippen molar-refractivity contribution in [2.45, 2.75) is 11.5 Å². The first-order valence-electron chi connectivity index (χ1n) is 4.15. The Morgan fingerprint density at radius 3 is 2.00 bits per heavy atom. The van der Waals surface area contributed by atoms with Crippen molar-refractivity contribution in [3.8, 4) is 0 Å². The number of primary sulfonamides is 1. The molecule has 2 N–H and O–H groups in total. The highest BCUT2D eigenvalue weighted by Crippen LogP contribution is 2.10. The molecule has 0 aliphatic heterocycles. The summed E-state index contributed by atoms with van der Waals surface area (Å²) in [5, 5.41) is 4.90. The predicted molar refractivity (Wildman–Crippen MR) is 57.4 cm³/mol. The quantitative estimate of drug-likeness (QED) is 0.760. The number of rotatable bonds is 4. The van der Waals surface area contributed by atoms with Crippen molar-refractivity contribution >= 4 is 20.1 Å². The van der Waals surface area contributed by atoms with Gasteiger partial charge in [0.2, 0.25) is 10.0 Å². The Kier molecular flexibility index (Phi) is 3.68. The van der Waals surface area contributed by atoms with Crippen LogP contribution in [-0.2, 0) is 30.9 Å². The van der Waals surface area contributed by atoms with Gasteiger partial charge < -0.3 is 0 Å². The van der Waals surface area contributed by atoms with E-state index in [0.717, 1.165) is 6.26 Å². The average molecular weight is 265 g/mol. The van der Waals surface area contributed by atoms with Gasteiger partial charge in [-0.3, -0.25) is 4.18 Å². The van der Waals surface area contributed by atoms with Crippen LogP contribution in [0, 0.1) is 0 Å². The molecule has 90 valence electrons. The molecule has 0 saturated carbocycles. The van der Waals surface area contributed by atoms with Gasteiger partial charge in [0.15, 0.2) is 0 Å². The molecule has 0 heterocycles. The summed E-state index contributed by atoms with van der Waals surface area (Å²) < 4.78 is 47.7. The lowest BCUT2D eigenvalue weighted by atomic mass is 10.2. The second kappa shape index (κ2) is 4.50. The second-order valence-corrected chi connectivity index (χ2v) is 6.36. The Hall–Kier alpha value is -0.960. The summed E-state index contributed by atoms with van der Waals surface area (Å²) in [6, 6.07) is 5.45. The molecule has 0 bridgehead atoms. The van der Waals surface area contributed by atoms with E-state index in [-0.39, 0.29) is 11.5 Å². The fourth-order valence-electron chi connectivity index (χ4n) is 0.950. The first-order chi connectivity index (χ1) is 7.18. The number of hydrogen-bond acceptors (Lipinski definition) is 5. The minimum atomic E-state index is -3.72. The summed E-state index contributed by atoms with van der Waals surface area (Å²) in [6.45, 7) is -0.135. The molecule has 1 aromatic carbocycles. The fraction of sp³-hybridized carbons (Fsp3) is 0.250. The lowest BCUT2D eigenvalue weighted by Gasteiger charge is -2.02. The first-order valence-corrected chi connectivity index (χ1v) is 7.51. The normalized spacial score (nSPS) is 12.6. The highest BCUT2D eigenvalue weighted by atomic mass is 32.2. The van der Waals surface area contributed by atoms with Crippen LogP contribution in [0.5, 0.6) is 0 Å². The molecule has 1 aromatic rings. The molecule has 0 saturated heterocycles. The van der Waals surface area contributed by atoms with Crippen molar-refractivity contribution in [1.29, 1.82) is 0 Å². The van der Waals surface area contributed by atoms with Gasteiger partial charge in [0.25, 0.3) is 10.1 Å². The van der Waals surface area contributed by atoms with Crippen LogP contribution in [0.2, 0.25) is 0 Å². The minimum absolute atomic E-state index is 0.0318. The molecule has 0 aliphatic carbocycles. The molecule has 0 spiro atoms. The second-order valence-electron chi connectivity index (χ2n) is 3.16. The van der Waals surface area contributed by atoms with Crippen molar-refractivity contribution in [1.82, 2.24) is 0 Å². The Labute approximate surface area is 94.2 Å². The summed E-state index contributed by atoms with van der Waals surface area (Å²) in [5.41, 5.74) is 0.540. The fourth-order valence-corrected chi connectivity index (χ4v) is 1.82. The highest BCUT2D eigenvalue weighted by molar-refractivity contribution is 7.89. The molecule has 0 aliphatic rings. The standard InChI is InChI=1S/C8H11NO5S2/c1-15(10,11)14-6-7-2-4-8(5-3-7)16(9,12)13/h2-5H,6H2,1H3,(H2,9,12,13). The van der Waals surface area contributed by atoms with Gasteiger partial charge in [-0.25, -0.2) is 13.6 Å². The number of hydrogen-bond donors (Lipinski definition) is 1. The molecule has 1 rings (SSSR count). The zero-order valence-electron chi connectivity index (χ0n) is 8.45. The van der Waals surface area contributed by atoms with Crippen molar-refractivity contribution < 1.29 is 21.0 Å². The zero-order chi connectivity index (χ0) is 12.4. The summed E-state index contributed by atoms with van der Waals surface area (Å²) in [5.74, 6) is 0. The van der Waals surface area contributed by atoms with Gasteiger partial charge >= 0.3 is 0 Å². The molecule has 0 amide bonds. The van der Waals surface area contributed by atoms with Crippen LogP contribution in [0.3, 0.4) is 0 Å². The average Bonchev–Trinajstić information content (AvgIpc) is 2.13. The van der Waals surface area contributed by atoms with E-state index in [9.17, 15) is 16.8 Å². The minimum Gasteiger partial charge on any atom is -0.265 e. The van der Waals surface area contributed by atoms with E-state index in [1.54, 1.807) is 0 Å². The van der Waals surface area contributed by atoms with Crippen LogP contribution in [-0.4, -0.2) is 23.1 Å². The van der Waals surface area contributed by atoms with E-state index in [1.165, 1.54) is 24.3 Å². The van der Waals surface area contributed by atoms with Gasteiger partial charge in [0, 0.05) is 0 Å². The van der Waals surface area contributed by atoms with Crippen LogP contribution in [0.4, 0.5) is 0 Å². The third kappa shape index (κ3) is 4.27. The van der Waals surface area contributed by atoms with Crippen LogP contribution < -0.4 is 5.14 Å². The third-order valence-electron chi connectivity index (χ3n) is 1.69.